The van der Waals surface area contributed by atoms with E-state index in [0.29, 0.717) is 18.9 Å². The number of carbonyl (C=O) groups is 1. The highest BCUT2D eigenvalue weighted by atomic mass is 16.3. The van der Waals surface area contributed by atoms with Crippen molar-refractivity contribution in [2.75, 3.05) is 19.7 Å². The van der Waals surface area contributed by atoms with Gasteiger partial charge in [-0.3, -0.25) is 10.1 Å². The fraction of sp³-hybridized carbons (Fsp3) is 0.692. The van der Waals surface area contributed by atoms with Crippen molar-refractivity contribution in [3.05, 3.63) is 17.7 Å². The topological polar surface area (TPSA) is 81.2 Å². The molecule has 1 amide bonds. The largest absolute Gasteiger partial charge is 0.396 e. The zero-order valence-corrected chi connectivity index (χ0v) is 10.9. The number of rotatable bonds is 2. The van der Waals surface area contributed by atoms with Crippen LogP contribution in [0.15, 0.2) is 6.33 Å². The maximum Gasteiger partial charge on any atom is 0.240 e. The molecule has 2 aliphatic heterocycles. The van der Waals surface area contributed by atoms with Crippen molar-refractivity contribution in [2.24, 2.45) is 5.92 Å². The average molecular weight is 264 g/mol. The maximum absolute atomic E-state index is 12.4. The van der Waals surface area contributed by atoms with Crippen LogP contribution in [0.25, 0.3) is 0 Å². The molecule has 1 aromatic rings. The van der Waals surface area contributed by atoms with Crippen molar-refractivity contribution < 1.29 is 9.90 Å². The number of aromatic nitrogens is 2. The van der Waals surface area contributed by atoms with Crippen LogP contribution in [0.5, 0.6) is 0 Å². The van der Waals surface area contributed by atoms with Crippen molar-refractivity contribution in [3.8, 4) is 0 Å². The standard InChI is InChI=1S/C13H20N4O2/c18-7-9-1-3-17(4-2-9)13(19)11-5-10-12(6-14-11)16-8-15-10/h8-9,11,14,18H,1-7H2,(H,15,16). The van der Waals surface area contributed by atoms with Gasteiger partial charge in [0.2, 0.25) is 5.91 Å². The lowest BCUT2D eigenvalue weighted by Gasteiger charge is -2.34. The number of piperidine rings is 1. The summed E-state index contributed by atoms with van der Waals surface area (Å²) in [5, 5.41) is 12.4. The minimum absolute atomic E-state index is 0.151. The monoisotopic (exact) mass is 264 g/mol. The molecular weight excluding hydrogens is 244 g/mol. The summed E-state index contributed by atoms with van der Waals surface area (Å²) in [7, 11) is 0. The number of carbonyl (C=O) groups excluding carboxylic acids is 1. The molecule has 1 unspecified atom stereocenters. The minimum atomic E-state index is -0.151. The van der Waals surface area contributed by atoms with Crippen LogP contribution in [-0.2, 0) is 17.8 Å². The lowest BCUT2D eigenvalue weighted by molar-refractivity contribution is -0.135. The first-order chi connectivity index (χ1) is 9.28. The average Bonchev–Trinajstić information content (AvgIpc) is 2.94. The molecule has 2 aliphatic rings. The van der Waals surface area contributed by atoms with Crippen LogP contribution < -0.4 is 5.32 Å². The fourth-order valence-corrected chi connectivity index (χ4v) is 2.90. The molecule has 0 radical (unpaired) electrons. The van der Waals surface area contributed by atoms with Gasteiger partial charge in [-0.25, -0.2) is 4.98 Å². The minimum Gasteiger partial charge on any atom is -0.396 e. The van der Waals surface area contributed by atoms with Gasteiger partial charge < -0.3 is 15.0 Å². The molecule has 6 heteroatoms. The molecule has 3 heterocycles. The zero-order valence-electron chi connectivity index (χ0n) is 10.9. The molecule has 3 N–H and O–H groups in total. The lowest BCUT2D eigenvalue weighted by atomic mass is 9.96. The molecule has 1 atom stereocenters. The molecule has 1 saturated heterocycles. The number of aromatic amines is 1. The molecule has 0 bridgehead atoms. The molecule has 3 rings (SSSR count). The summed E-state index contributed by atoms with van der Waals surface area (Å²) >= 11 is 0. The smallest absolute Gasteiger partial charge is 0.240 e. The normalized spacial score (nSPS) is 24.3. The summed E-state index contributed by atoms with van der Waals surface area (Å²) in [5.41, 5.74) is 2.09. The van der Waals surface area contributed by atoms with E-state index < -0.39 is 0 Å². The van der Waals surface area contributed by atoms with Crippen LogP contribution in [0.3, 0.4) is 0 Å². The van der Waals surface area contributed by atoms with Gasteiger partial charge in [0.15, 0.2) is 0 Å². The van der Waals surface area contributed by atoms with Gasteiger partial charge in [0.25, 0.3) is 0 Å². The van der Waals surface area contributed by atoms with Gasteiger partial charge in [-0.05, 0) is 18.8 Å². The molecule has 0 aliphatic carbocycles. The molecule has 0 saturated carbocycles. The third-order valence-electron chi connectivity index (χ3n) is 4.21. The molecule has 1 aromatic heterocycles. The Morgan fingerprint density at radius 1 is 1.47 bits per heavy atom. The second-order valence-electron chi connectivity index (χ2n) is 5.42. The van der Waals surface area contributed by atoms with Gasteiger partial charge in [-0.2, -0.15) is 0 Å². The second-order valence-corrected chi connectivity index (χ2v) is 5.42. The van der Waals surface area contributed by atoms with Crippen LogP contribution in [-0.4, -0.2) is 51.6 Å². The summed E-state index contributed by atoms with van der Waals surface area (Å²) in [6, 6.07) is -0.151. The van der Waals surface area contributed by atoms with Crippen molar-refractivity contribution in [2.45, 2.75) is 31.8 Å². The highest BCUT2D eigenvalue weighted by molar-refractivity contribution is 5.82. The molecule has 0 spiro atoms. The Bertz CT molecular complexity index is 451. The van der Waals surface area contributed by atoms with E-state index in [0.717, 1.165) is 37.3 Å². The number of nitrogens with zero attached hydrogens (tertiary/aromatic N) is 2. The highest BCUT2D eigenvalue weighted by Gasteiger charge is 2.31. The first-order valence-electron chi connectivity index (χ1n) is 6.92. The number of amides is 1. The summed E-state index contributed by atoms with van der Waals surface area (Å²) in [5.74, 6) is 0.534. The number of aliphatic hydroxyl groups excluding tert-OH is 1. The summed E-state index contributed by atoms with van der Waals surface area (Å²) in [4.78, 5) is 21.7. The van der Waals surface area contributed by atoms with Crippen LogP contribution in [0, 0.1) is 5.92 Å². The molecule has 19 heavy (non-hydrogen) atoms. The van der Waals surface area contributed by atoms with Gasteiger partial charge >= 0.3 is 0 Å². The molecular formula is C13H20N4O2. The van der Waals surface area contributed by atoms with E-state index in [1.165, 1.54) is 0 Å². The summed E-state index contributed by atoms with van der Waals surface area (Å²) in [6.45, 7) is 2.44. The Hall–Kier alpha value is -1.40. The van der Waals surface area contributed by atoms with Crippen molar-refractivity contribution in [1.82, 2.24) is 20.2 Å². The molecule has 0 aromatic carbocycles. The number of aliphatic hydroxyl groups is 1. The lowest BCUT2D eigenvalue weighted by Crippen LogP contribution is -2.51. The van der Waals surface area contributed by atoms with Gasteiger partial charge in [0.05, 0.1) is 23.8 Å². The predicted octanol–water partition coefficient (Wildman–Crippen LogP) is -0.345. The van der Waals surface area contributed by atoms with Crippen LogP contribution >= 0.6 is 0 Å². The van der Waals surface area contributed by atoms with Gasteiger partial charge in [0.1, 0.15) is 0 Å². The number of nitrogens with one attached hydrogen (secondary N) is 2. The van der Waals surface area contributed by atoms with E-state index in [1.54, 1.807) is 6.33 Å². The van der Waals surface area contributed by atoms with Crippen LogP contribution in [0.2, 0.25) is 0 Å². The Morgan fingerprint density at radius 2 is 2.26 bits per heavy atom. The van der Waals surface area contributed by atoms with E-state index in [-0.39, 0.29) is 18.6 Å². The molecule has 104 valence electrons. The SMILES string of the molecule is O=C(C1Cc2nc[nH]c2CN1)N1CCC(CO)CC1. The first kappa shape index (κ1) is 12.6. The second kappa shape index (κ2) is 5.30. The Balaban J connectivity index is 1.60. The van der Waals surface area contributed by atoms with E-state index in [2.05, 4.69) is 15.3 Å². The Labute approximate surface area is 112 Å². The van der Waals surface area contributed by atoms with E-state index in [9.17, 15) is 4.79 Å². The highest BCUT2D eigenvalue weighted by Crippen LogP contribution is 2.19. The fourth-order valence-electron chi connectivity index (χ4n) is 2.90. The van der Waals surface area contributed by atoms with Crippen molar-refractivity contribution in [3.63, 3.8) is 0 Å². The van der Waals surface area contributed by atoms with E-state index in [1.807, 2.05) is 4.90 Å². The van der Waals surface area contributed by atoms with Gasteiger partial charge in [0, 0.05) is 32.7 Å². The number of fused-ring (bicyclic) bond motifs is 1. The van der Waals surface area contributed by atoms with Gasteiger partial charge in [-0.1, -0.05) is 0 Å². The van der Waals surface area contributed by atoms with Crippen LogP contribution in [0.4, 0.5) is 0 Å². The number of imidazole rings is 1. The zero-order chi connectivity index (χ0) is 13.2. The van der Waals surface area contributed by atoms with Gasteiger partial charge in [-0.15, -0.1) is 0 Å². The summed E-state index contributed by atoms with van der Waals surface area (Å²) < 4.78 is 0. The molecule has 6 nitrogen and oxygen atoms in total. The predicted molar refractivity (Wildman–Crippen MR) is 69.3 cm³/mol. The summed E-state index contributed by atoms with van der Waals surface area (Å²) in [6.07, 6.45) is 4.16. The van der Waals surface area contributed by atoms with E-state index in [4.69, 9.17) is 5.11 Å². The van der Waals surface area contributed by atoms with Crippen molar-refractivity contribution >= 4 is 5.91 Å². The Morgan fingerprint density at radius 3 is 3.00 bits per heavy atom. The third-order valence-corrected chi connectivity index (χ3v) is 4.21. The quantitative estimate of drug-likeness (QED) is 0.682. The Kier molecular flexibility index (Phi) is 3.52. The maximum atomic E-state index is 12.4. The number of likely N-dealkylation sites (tertiary alicyclic amines) is 1. The number of H-pyrrole nitrogens is 1. The van der Waals surface area contributed by atoms with Crippen LogP contribution in [0.1, 0.15) is 24.2 Å². The third kappa shape index (κ3) is 2.50. The van der Waals surface area contributed by atoms with E-state index >= 15 is 0 Å². The van der Waals surface area contributed by atoms with Crippen molar-refractivity contribution in [1.29, 1.82) is 0 Å². The number of hydrogen-bond donors (Lipinski definition) is 3. The molecule has 1 fully saturated rings. The number of hydrogen-bond acceptors (Lipinski definition) is 4. The first-order valence-corrected chi connectivity index (χ1v) is 6.92.